The molecule has 2 aromatic heterocycles. The van der Waals surface area contributed by atoms with E-state index in [-0.39, 0.29) is 11.8 Å². The lowest BCUT2D eigenvalue weighted by Gasteiger charge is -2.32. The summed E-state index contributed by atoms with van der Waals surface area (Å²) in [6.45, 7) is 3.32. The van der Waals surface area contributed by atoms with Gasteiger partial charge in [-0.3, -0.25) is 14.5 Å². The zero-order chi connectivity index (χ0) is 26.1. The fraction of sp³-hybridized carbons (Fsp3) is 0.312. The van der Waals surface area contributed by atoms with Gasteiger partial charge in [0.25, 0.3) is 11.8 Å². The summed E-state index contributed by atoms with van der Waals surface area (Å²) in [5, 5.41) is 1.84. The van der Waals surface area contributed by atoms with Gasteiger partial charge in [-0.25, -0.2) is 9.13 Å². The van der Waals surface area contributed by atoms with Gasteiger partial charge in [-0.05, 0) is 55.0 Å². The van der Waals surface area contributed by atoms with Crippen LogP contribution in [-0.4, -0.2) is 36.3 Å². The Balaban J connectivity index is 1.12. The van der Waals surface area contributed by atoms with E-state index in [1.807, 2.05) is 42.2 Å². The molecule has 2 aliphatic rings. The molecule has 6 nitrogen and oxygen atoms in total. The molecule has 0 bridgehead atoms. The number of anilines is 1. The molecule has 1 saturated heterocycles. The van der Waals surface area contributed by atoms with Crippen LogP contribution < -0.4 is 14.0 Å². The van der Waals surface area contributed by atoms with Crippen LogP contribution in [0.5, 0.6) is 0 Å². The molecule has 2 amide bonds. The highest BCUT2D eigenvalue weighted by Crippen LogP contribution is 2.37. The number of unbranched alkanes of at least 4 members (excludes halogenated alkanes) is 1. The monoisotopic (exact) mass is 506 g/mol. The summed E-state index contributed by atoms with van der Waals surface area (Å²) in [4.78, 5) is 30.7. The third-order valence-electron chi connectivity index (χ3n) is 7.92. The van der Waals surface area contributed by atoms with Gasteiger partial charge in [-0.2, -0.15) is 0 Å². The predicted octanol–water partition coefficient (Wildman–Crippen LogP) is 4.69. The van der Waals surface area contributed by atoms with Crippen LogP contribution in [0.4, 0.5) is 5.69 Å². The molecule has 192 valence electrons. The molecule has 6 heteroatoms. The Hall–Kier alpha value is -4.06. The van der Waals surface area contributed by atoms with Crippen LogP contribution in [0.15, 0.2) is 79.4 Å². The van der Waals surface area contributed by atoms with Crippen LogP contribution >= 0.6 is 0 Å². The first-order valence-corrected chi connectivity index (χ1v) is 13.7. The lowest BCUT2D eigenvalue weighted by Crippen LogP contribution is -2.41. The van der Waals surface area contributed by atoms with Crippen LogP contribution in [0.1, 0.15) is 52.8 Å². The molecular weight excluding hydrogens is 472 g/mol. The molecule has 6 rings (SSSR count). The van der Waals surface area contributed by atoms with Crippen molar-refractivity contribution < 1.29 is 18.7 Å². The molecular formula is C32H34N4O2+2. The zero-order valence-electron chi connectivity index (χ0n) is 22.0. The molecule has 0 spiro atoms. The number of carbonyl (C=O) groups is 2. The number of pyridine rings is 2. The maximum absolute atomic E-state index is 13.4. The van der Waals surface area contributed by atoms with E-state index in [9.17, 15) is 9.59 Å². The van der Waals surface area contributed by atoms with Gasteiger partial charge in [0, 0.05) is 77.9 Å². The highest BCUT2D eigenvalue weighted by Gasteiger charge is 2.33. The van der Waals surface area contributed by atoms with Gasteiger partial charge in [0.2, 0.25) is 0 Å². The average Bonchev–Trinajstić information content (AvgIpc) is 2.96. The number of aryl methyl sites for hydroxylation is 2. The first-order valence-electron chi connectivity index (χ1n) is 13.7. The van der Waals surface area contributed by atoms with E-state index in [0.29, 0.717) is 17.7 Å². The molecule has 4 aromatic rings. The molecule has 0 N–H and O–H groups in total. The summed E-state index contributed by atoms with van der Waals surface area (Å²) in [6, 6.07) is 18.4. The Morgan fingerprint density at radius 3 is 2.11 bits per heavy atom. The minimum absolute atomic E-state index is 0.169. The molecule has 2 aromatic carbocycles. The smallest absolute Gasteiger partial charge is 0.261 e. The first-order chi connectivity index (χ1) is 18.6. The average molecular weight is 507 g/mol. The predicted molar refractivity (Wildman–Crippen MR) is 148 cm³/mol. The number of aromatic nitrogens is 2. The second-order valence-corrected chi connectivity index (χ2v) is 10.5. The summed E-state index contributed by atoms with van der Waals surface area (Å²) in [7, 11) is 2.01. The minimum Gasteiger partial charge on any atom is -0.371 e. The second kappa shape index (κ2) is 10.4. The van der Waals surface area contributed by atoms with Crippen molar-refractivity contribution in [3.8, 4) is 11.1 Å². The maximum atomic E-state index is 13.4. The number of carbonyl (C=O) groups excluding carboxylic acids is 2. The first kappa shape index (κ1) is 24.3. The largest absolute Gasteiger partial charge is 0.371 e. The van der Waals surface area contributed by atoms with E-state index in [1.165, 1.54) is 35.3 Å². The van der Waals surface area contributed by atoms with Gasteiger partial charge in [0.05, 0.1) is 0 Å². The number of hydrogen-bond acceptors (Lipinski definition) is 3. The van der Waals surface area contributed by atoms with Gasteiger partial charge in [-0.1, -0.05) is 12.1 Å². The quantitative estimate of drug-likeness (QED) is 0.208. The number of piperidine rings is 1. The summed E-state index contributed by atoms with van der Waals surface area (Å²) < 4.78 is 4.18. The van der Waals surface area contributed by atoms with Gasteiger partial charge >= 0.3 is 0 Å². The van der Waals surface area contributed by atoms with E-state index in [4.69, 9.17) is 0 Å². The molecule has 2 aliphatic heterocycles. The Morgan fingerprint density at radius 2 is 1.39 bits per heavy atom. The Bertz CT molecular complexity index is 1470. The van der Waals surface area contributed by atoms with Crippen molar-refractivity contribution in [2.75, 3.05) is 24.5 Å². The number of imide groups is 1. The fourth-order valence-electron chi connectivity index (χ4n) is 5.80. The number of benzene rings is 2. The molecule has 0 atom stereocenters. The molecule has 0 unspecified atom stereocenters. The van der Waals surface area contributed by atoms with Crippen molar-refractivity contribution >= 4 is 28.3 Å². The number of amides is 2. The number of hydrogen-bond donors (Lipinski definition) is 0. The SMILES string of the molecule is C[n+]1ccc(-c2cc[n+](CCCCN3C(=O)c4cccc5c(N6CCCCC6)ccc(c45)C3=O)cc2)cc1. The molecule has 0 aliphatic carbocycles. The van der Waals surface area contributed by atoms with Gasteiger partial charge in [0.1, 0.15) is 13.6 Å². The molecule has 0 saturated carbocycles. The standard InChI is InChI=1S/C32H34N4O2/c1-33-20-12-24(13-21-33)25-14-22-34(23-15-25)16-5-6-19-36-31(37)27-9-7-8-26-29(35-17-3-2-4-18-35)11-10-28(30(26)27)32(36)38/h7-15,20-23H,2-6,16-19H2,1H3/q+2. The van der Waals surface area contributed by atoms with E-state index < -0.39 is 0 Å². The highest BCUT2D eigenvalue weighted by atomic mass is 16.2. The Labute approximate surface area is 223 Å². The summed E-state index contributed by atoms with van der Waals surface area (Å²) >= 11 is 0. The van der Waals surface area contributed by atoms with Crippen LogP contribution in [0, 0.1) is 0 Å². The van der Waals surface area contributed by atoms with Crippen molar-refractivity contribution in [3.63, 3.8) is 0 Å². The normalized spacial score (nSPS) is 15.4. The van der Waals surface area contributed by atoms with E-state index in [2.05, 4.69) is 58.3 Å². The fourth-order valence-corrected chi connectivity index (χ4v) is 5.80. The van der Waals surface area contributed by atoms with Crippen LogP contribution in [0.25, 0.3) is 21.9 Å². The molecule has 0 radical (unpaired) electrons. The van der Waals surface area contributed by atoms with Gasteiger partial charge in [-0.15, -0.1) is 0 Å². The van der Waals surface area contributed by atoms with Crippen LogP contribution in [0.2, 0.25) is 0 Å². The molecule has 4 heterocycles. The third kappa shape index (κ3) is 4.55. The minimum atomic E-state index is -0.169. The van der Waals surface area contributed by atoms with Gasteiger partial charge in [0.15, 0.2) is 24.8 Å². The molecule has 1 fully saturated rings. The van der Waals surface area contributed by atoms with Crippen molar-refractivity contribution in [3.05, 3.63) is 90.5 Å². The number of nitrogens with zero attached hydrogens (tertiary/aromatic N) is 4. The lowest BCUT2D eigenvalue weighted by atomic mass is 9.92. The van der Waals surface area contributed by atoms with Crippen LogP contribution in [0.3, 0.4) is 0 Å². The van der Waals surface area contributed by atoms with E-state index >= 15 is 0 Å². The third-order valence-corrected chi connectivity index (χ3v) is 7.92. The van der Waals surface area contributed by atoms with Crippen molar-refractivity contribution in [1.82, 2.24) is 4.90 Å². The van der Waals surface area contributed by atoms with E-state index in [0.717, 1.165) is 48.9 Å². The van der Waals surface area contributed by atoms with E-state index in [1.54, 1.807) is 0 Å². The van der Waals surface area contributed by atoms with Crippen molar-refractivity contribution in [1.29, 1.82) is 0 Å². The van der Waals surface area contributed by atoms with Crippen LogP contribution in [-0.2, 0) is 13.6 Å². The molecule has 38 heavy (non-hydrogen) atoms. The second-order valence-electron chi connectivity index (χ2n) is 10.5. The maximum Gasteiger partial charge on any atom is 0.261 e. The summed E-state index contributed by atoms with van der Waals surface area (Å²) in [5.74, 6) is -0.339. The Kier molecular flexibility index (Phi) is 6.62. The zero-order valence-corrected chi connectivity index (χ0v) is 22.0. The Morgan fingerprint density at radius 1 is 0.737 bits per heavy atom. The highest BCUT2D eigenvalue weighted by molar-refractivity contribution is 6.26. The van der Waals surface area contributed by atoms with Crippen molar-refractivity contribution in [2.45, 2.75) is 38.6 Å². The topological polar surface area (TPSA) is 48.4 Å². The van der Waals surface area contributed by atoms with Crippen molar-refractivity contribution in [2.24, 2.45) is 7.05 Å². The lowest BCUT2D eigenvalue weighted by molar-refractivity contribution is -0.697. The summed E-state index contributed by atoms with van der Waals surface area (Å²) in [5.41, 5.74) is 4.81. The summed E-state index contributed by atoms with van der Waals surface area (Å²) in [6.07, 6.45) is 13.6. The van der Waals surface area contributed by atoms with Gasteiger partial charge < -0.3 is 4.90 Å². The number of rotatable bonds is 7.